The number of ketones is 1. The maximum atomic E-state index is 10.9. The van der Waals surface area contributed by atoms with Crippen molar-refractivity contribution in [3.63, 3.8) is 0 Å². The Morgan fingerprint density at radius 1 is 1.25 bits per heavy atom. The summed E-state index contributed by atoms with van der Waals surface area (Å²) in [5.41, 5.74) is 0. The minimum Gasteiger partial charge on any atom is -0.383 e. The Morgan fingerprint density at radius 2 is 1.94 bits per heavy atom. The molecule has 1 unspecified atom stereocenters. The fourth-order valence-corrected chi connectivity index (χ4v) is 1.64. The van der Waals surface area contributed by atoms with Gasteiger partial charge in [-0.25, -0.2) is 0 Å². The van der Waals surface area contributed by atoms with Gasteiger partial charge < -0.3 is 14.3 Å². The highest BCUT2D eigenvalue weighted by atomic mass is 16.5. The Balaban J connectivity index is 3.93. The molecule has 0 heterocycles. The zero-order valence-electron chi connectivity index (χ0n) is 11.0. The van der Waals surface area contributed by atoms with Crippen molar-refractivity contribution in [1.29, 1.82) is 0 Å². The van der Waals surface area contributed by atoms with Gasteiger partial charge in [0, 0.05) is 33.2 Å². The average molecular weight is 231 g/mol. The van der Waals surface area contributed by atoms with Crippen LogP contribution in [-0.2, 0) is 14.3 Å². The molecule has 0 saturated heterocycles. The van der Waals surface area contributed by atoms with Crippen LogP contribution in [0.2, 0.25) is 0 Å². The van der Waals surface area contributed by atoms with Gasteiger partial charge in [-0.2, -0.15) is 0 Å². The van der Waals surface area contributed by atoms with Crippen molar-refractivity contribution in [3.8, 4) is 0 Å². The molecule has 0 radical (unpaired) electrons. The highest BCUT2D eigenvalue weighted by Crippen LogP contribution is 2.03. The minimum absolute atomic E-state index is 0.256. The molecule has 0 aromatic heterocycles. The van der Waals surface area contributed by atoms with Crippen molar-refractivity contribution in [2.75, 3.05) is 40.5 Å². The van der Waals surface area contributed by atoms with Crippen LogP contribution in [0, 0.1) is 0 Å². The average Bonchev–Trinajstić information content (AvgIpc) is 2.22. The molecule has 0 aliphatic heterocycles. The summed E-state index contributed by atoms with van der Waals surface area (Å²) < 4.78 is 10.2. The standard InChI is InChI=1S/C12H25NO3/c1-11(10-16-4)13(8-9-15-3)7-5-6-12(2)14/h11H,5-10H2,1-4H3. The van der Waals surface area contributed by atoms with Gasteiger partial charge in [-0.3, -0.25) is 4.90 Å². The first-order valence-electron chi connectivity index (χ1n) is 5.83. The summed E-state index contributed by atoms with van der Waals surface area (Å²) in [6.07, 6.45) is 1.57. The van der Waals surface area contributed by atoms with E-state index in [0.717, 1.165) is 19.5 Å². The van der Waals surface area contributed by atoms with E-state index >= 15 is 0 Å². The van der Waals surface area contributed by atoms with Gasteiger partial charge in [0.1, 0.15) is 5.78 Å². The molecule has 0 rings (SSSR count). The van der Waals surface area contributed by atoms with Gasteiger partial charge in [-0.15, -0.1) is 0 Å². The third-order valence-corrected chi connectivity index (χ3v) is 2.59. The first kappa shape index (κ1) is 15.6. The van der Waals surface area contributed by atoms with Gasteiger partial charge in [-0.05, 0) is 26.8 Å². The summed E-state index contributed by atoms with van der Waals surface area (Å²) in [7, 11) is 3.41. The number of carbonyl (C=O) groups excluding carboxylic acids is 1. The van der Waals surface area contributed by atoms with Crippen LogP contribution in [0.1, 0.15) is 26.7 Å². The Morgan fingerprint density at radius 3 is 2.44 bits per heavy atom. The van der Waals surface area contributed by atoms with E-state index in [0.29, 0.717) is 25.7 Å². The van der Waals surface area contributed by atoms with Gasteiger partial charge in [0.2, 0.25) is 0 Å². The van der Waals surface area contributed by atoms with Crippen LogP contribution in [0.5, 0.6) is 0 Å². The first-order chi connectivity index (χ1) is 7.61. The normalized spacial score (nSPS) is 13.1. The van der Waals surface area contributed by atoms with Gasteiger partial charge in [0.05, 0.1) is 13.2 Å². The number of rotatable bonds is 10. The number of hydrogen-bond donors (Lipinski definition) is 0. The number of Topliss-reactive ketones (excluding diaryl/α,β-unsaturated/α-hetero) is 1. The van der Waals surface area contributed by atoms with Crippen molar-refractivity contribution in [3.05, 3.63) is 0 Å². The van der Waals surface area contributed by atoms with Crippen LogP contribution in [0.25, 0.3) is 0 Å². The van der Waals surface area contributed by atoms with E-state index in [9.17, 15) is 4.79 Å². The fraction of sp³-hybridized carbons (Fsp3) is 0.917. The lowest BCUT2D eigenvalue weighted by Crippen LogP contribution is -2.39. The van der Waals surface area contributed by atoms with Crippen molar-refractivity contribution in [2.45, 2.75) is 32.7 Å². The smallest absolute Gasteiger partial charge is 0.129 e. The predicted octanol–water partition coefficient (Wildman–Crippen LogP) is 1.34. The van der Waals surface area contributed by atoms with Crippen molar-refractivity contribution in [2.24, 2.45) is 0 Å². The van der Waals surface area contributed by atoms with E-state index < -0.39 is 0 Å². The first-order valence-corrected chi connectivity index (χ1v) is 5.83. The molecule has 16 heavy (non-hydrogen) atoms. The minimum atomic E-state index is 0.256. The van der Waals surface area contributed by atoms with E-state index in [1.54, 1.807) is 21.1 Å². The molecule has 0 aromatic rings. The van der Waals surface area contributed by atoms with Gasteiger partial charge in [-0.1, -0.05) is 0 Å². The van der Waals surface area contributed by atoms with Crippen LogP contribution in [-0.4, -0.2) is 57.2 Å². The zero-order chi connectivity index (χ0) is 12.4. The third kappa shape index (κ3) is 7.79. The van der Waals surface area contributed by atoms with Crippen LogP contribution >= 0.6 is 0 Å². The Bertz CT molecular complexity index is 185. The molecule has 1 atom stereocenters. The maximum Gasteiger partial charge on any atom is 0.129 e. The molecule has 0 aliphatic rings. The largest absolute Gasteiger partial charge is 0.383 e. The molecular weight excluding hydrogens is 206 g/mol. The number of carbonyl (C=O) groups is 1. The lowest BCUT2D eigenvalue weighted by Gasteiger charge is -2.28. The zero-order valence-corrected chi connectivity index (χ0v) is 11.0. The quantitative estimate of drug-likeness (QED) is 0.569. The molecule has 96 valence electrons. The highest BCUT2D eigenvalue weighted by Gasteiger charge is 2.13. The molecule has 0 fully saturated rings. The molecule has 4 heteroatoms. The summed E-state index contributed by atoms with van der Waals surface area (Å²) in [6, 6.07) is 0.368. The van der Waals surface area contributed by atoms with Crippen molar-refractivity contribution in [1.82, 2.24) is 4.90 Å². The lowest BCUT2D eigenvalue weighted by atomic mass is 10.2. The topological polar surface area (TPSA) is 38.8 Å². The molecule has 0 aliphatic carbocycles. The molecule has 4 nitrogen and oxygen atoms in total. The van der Waals surface area contributed by atoms with E-state index in [4.69, 9.17) is 9.47 Å². The second-order valence-corrected chi connectivity index (χ2v) is 4.14. The maximum absolute atomic E-state index is 10.9. The van der Waals surface area contributed by atoms with E-state index in [2.05, 4.69) is 11.8 Å². The lowest BCUT2D eigenvalue weighted by molar-refractivity contribution is -0.117. The van der Waals surface area contributed by atoms with E-state index in [1.807, 2.05) is 0 Å². The van der Waals surface area contributed by atoms with Crippen LogP contribution in [0.15, 0.2) is 0 Å². The molecule has 0 saturated carbocycles. The fourth-order valence-electron chi connectivity index (χ4n) is 1.64. The summed E-state index contributed by atoms with van der Waals surface area (Å²) in [5, 5.41) is 0. The van der Waals surface area contributed by atoms with E-state index in [1.165, 1.54) is 0 Å². The Kier molecular flexibility index (Phi) is 9.48. The summed E-state index contributed by atoms with van der Waals surface area (Å²) >= 11 is 0. The van der Waals surface area contributed by atoms with Crippen LogP contribution < -0.4 is 0 Å². The van der Waals surface area contributed by atoms with E-state index in [-0.39, 0.29) is 5.78 Å². The summed E-state index contributed by atoms with van der Waals surface area (Å²) in [6.45, 7) is 7.01. The van der Waals surface area contributed by atoms with Crippen molar-refractivity contribution >= 4 is 5.78 Å². The molecule has 0 amide bonds. The highest BCUT2D eigenvalue weighted by molar-refractivity contribution is 5.75. The number of methoxy groups -OCH3 is 2. The Labute approximate surface area is 98.9 Å². The number of nitrogens with zero attached hydrogens (tertiary/aromatic N) is 1. The Hall–Kier alpha value is -0.450. The summed E-state index contributed by atoms with van der Waals surface area (Å²) in [4.78, 5) is 13.2. The second-order valence-electron chi connectivity index (χ2n) is 4.14. The molecule has 0 bridgehead atoms. The number of hydrogen-bond acceptors (Lipinski definition) is 4. The van der Waals surface area contributed by atoms with Gasteiger partial charge in [0.15, 0.2) is 0 Å². The van der Waals surface area contributed by atoms with Gasteiger partial charge in [0.25, 0.3) is 0 Å². The van der Waals surface area contributed by atoms with Crippen LogP contribution in [0.4, 0.5) is 0 Å². The molecule has 0 spiro atoms. The third-order valence-electron chi connectivity index (χ3n) is 2.59. The van der Waals surface area contributed by atoms with Crippen molar-refractivity contribution < 1.29 is 14.3 Å². The van der Waals surface area contributed by atoms with Crippen LogP contribution in [0.3, 0.4) is 0 Å². The molecular formula is C12H25NO3. The molecule has 0 aromatic carbocycles. The monoisotopic (exact) mass is 231 g/mol. The van der Waals surface area contributed by atoms with Gasteiger partial charge >= 0.3 is 0 Å². The number of ether oxygens (including phenoxy) is 2. The predicted molar refractivity (Wildman–Crippen MR) is 64.7 cm³/mol. The summed E-state index contributed by atoms with van der Waals surface area (Å²) in [5.74, 6) is 0.256. The second kappa shape index (κ2) is 9.75. The molecule has 0 N–H and O–H groups in total. The SMILES string of the molecule is COCCN(CCCC(C)=O)C(C)COC.